The predicted molar refractivity (Wildman–Crippen MR) is 67.5 cm³/mol. The molecule has 0 aromatic carbocycles. The Labute approximate surface area is 109 Å². The van der Waals surface area contributed by atoms with Crippen molar-refractivity contribution in [1.82, 2.24) is 4.90 Å². The van der Waals surface area contributed by atoms with Crippen LogP contribution in [-0.4, -0.2) is 36.5 Å². The molecule has 0 fully saturated rings. The lowest BCUT2D eigenvalue weighted by molar-refractivity contribution is -0.149. The van der Waals surface area contributed by atoms with E-state index in [4.69, 9.17) is 10.00 Å². The molecule has 0 saturated carbocycles. The number of rotatable bonds is 8. The van der Waals surface area contributed by atoms with E-state index >= 15 is 0 Å². The molecule has 0 aromatic rings. The fourth-order valence-corrected chi connectivity index (χ4v) is 1.65. The first-order valence-corrected chi connectivity index (χ1v) is 6.44. The van der Waals surface area contributed by atoms with E-state index in [1.165, 1.54) is 4.90 Å². The van der Waals surface area contributed by atoms with Crippen molar-refractivity contribution in [3.05, 3.63) is 0 Å². The molecule has 0 N–H and O–H groups in total. The van der Waals surface area contributed by atoms with E-state index in [9.17, 15) is 9.59 Å². The van der Waals surface area contributed by atoms with E-state index in [1.54, 1.807) is 6.92 Å². The van der Waals surface area contributed by atoms with Crippen LogP contribution in [0.2, 0.25) is 0 Å². The van der Waals surface area contributed by atoms with Gasteiger partial charge in [-0.25, -0.2) is 0 Å². The third kappa shape index (κ3) is 5.67. The highest BCUT2D eigenvalue weighted by atomic mass is 16.5. The third-order valence-electron chi connectivity index (χ3n) is 2.46. The minimum atomic E-state index is -0.657. The van der Waals surface area contributed by atoms with Gasteiger partial charge >= 0.3 is 5.97 Å². The van der Waals surface area contributed by atoms with Crippen molar-refractivity contribution in [2.75, 3.05) is 19.7 Å². The molecule has 0 radical (unpaired) electrons. The van der Waals surface area contributed by atoms with Crippen LogP contribution in [0.15, 0.2) is 0 Å². The molecule has 0 bridgehead atoms. The first-order chi connectivity index (χ1) is 8.60. The summed E-state index contributed by atoms with van der Waals surface area (Å²) in [5.41, 5.74) is 0. The summed E-state index contributed by atoms with van der Waals surface area (Å²) >= 11 is 0. The Bertz CT molecular complexity index is 310. The molecular formula is C13H22N2O3. The van der Waals surface area contributed by atoms with Crippen LogP contribution in [0.3, 0.4) is 0 Å². The molecule has 0 aliphatic heterocycles. The van der Waals surface area contributed by atoms with Gasteiger partial charge in [-0.2, -0.15) is 5.26 Å². The van der Waals surface area contributed by atoms with Crippen LogP contribution >= 0.6 is 0 Å². The van der Waals surface area contributed by atoms with Crippen molar-refractivity contribution in [2.45, 2.75) is 40.0 Å². The first kappa shape index (κ1) is 16.4. The van der Waals surface area contributed by atoms with Gasteiger partial charge in [-0.05, 0) is 19.8 Å². The monoisotopic (exact) mass is 254 g/mol. The maximum atomic E-state index is 12.1. The lowest BCUT2D eigenvalue weighted by Gasteiger charge is -2.23. The highest BCUT2D eigenvalue weighted by molar-refractivity contribution is 5.85. The normalized spacial score (nSPS) is 11.4. The van der Waals surface area contributed by atoms with Crippen molar-refractivity contribution in [3.63, 3.8) is 0 Å². The highest BCUT2D eigenvalue weighted by Gasteiger charge is 2.24. The molecule has 0 aromatic heterocycles. The van der Waals surface area contributed by atoms with E-state index in [2.05, 4.69) is 0 Å². The van der Waals surface area contributed by atoms with Gasteiger partial charge in [0.15, 0.2) is 0 Å². The zero-order valence-electron chi connectivity index (χ0n) is 11.4. The number of amides is 1. The van der Waals surface area contributed by atoms with Gasteiger partial charge in [-0.3, -0.25) is 9.59 Å². The van der Waals surface area contributed by atoms with Gasteiger partial charge in [0.05, 0.1) is 12.7 Å². The standard InChI is InChI=1S/C13H22N2O3/c1-4-7-11(9-14)13(17)15(8-5-2)10-12(16)18-6-3/h11H,4-8,10H2,1-3H3. The quantitative estimate of drug-likeness (QED) is 0.618. The van der Waals surface area contributed by atoms with Crippen LogP contribution in [0.25, 0.3) is 0 Å². The van der Waals surface area contributed by atoms with Crippen LogP contribution in [-0.2, 0) is 14.3 Å². The molecule has 0 aliphatic rings. The van der Waals surface area contributed by atoms with E-state index < -0.39 is 11.9 Å². The lowest BCUT2D eigenvalue weighted by Crippen LogP contribution is -2.40. The van der Waals surface area contributed by atoms with Gasteiger partial charge in [0.1, 0.15) is 12.5 Å². The molecule has 18 heavy (non-hydrogen) atoms. The molecule has 0 saturated heterocycles. The molecule has 5 nitrogen and oxygen atoms in total. The Morgan fingerprint density at radius 3 is 2.39 bits per heavy atom. The fourth-order valence-electron chi connectivity index (χ4n) is 1.65. The number of esters is 1. The van der Waals surface area contributed by atoms with E-state index in [0.717, 1.165) is 12.8 Å². The largest absolute Gasteiger partial charge is 0.465 e. The van der Waals surface area contributed by atoms with Gasteiger partial charge in [0, 0.05) is 6.54 Å². The number of carbonyl (C=O) groups is 2. The number of hydrogen-bond acceptors (Lipinski definition) is 4. The number of ether oxygens (including phenoxy) is 1. The zero-order chi connectivity index (χ0) is 14.0. The van der Waals surface area contributed by atoms with Crippen LogP contribution in [0.5, 0.6) is 0 Å². The summed E-state index contributed by atoms with van der Waals surface area (Å²) < 4.78 is 4.83. The molecule has 102 valence electrons. The zero-order valence-corrected chi connectivity index (χ0v) is 11.4. The maximum Gasteiger partial charge on any atom is 0.325 e. The van der Waals surface area contributed by atoms with Gasteiger partial charge in [0.2, 0.25) is 5.91 Å². The van der Waals surface area contributed by atoms with Crippen molar-refractivity contribution in [1.29, 1.82) is 5.26 Å². The summed E-state index contributed by atoms with van der Waals surface area (Å²) in [6.07, 6.45) is 2.04. The average molecular weight is 254 g/mol. The topological polar surface area (TPSA) is 70.4 Å². The van der Waals surface area contributed by atoms with Crippen molar-refractivity contribution < 1.29 is 14.3 Å². The van der Waals surface area contributed by atoms with Gasteiger partial charge < -0.3 is 9.64 Å². The van der Waals surface area contributed by atoms with Gasteiger partial charge in [0.25, 0.3) is 0 Å². The summed E-state index contributed by atoms with van der Waals surface area (Å²) in [6.45, 7) is 6.27. The van der Waals surface area contributed by atoms with Gasteiger partial charge in [-0.1, -0.05) is 20.3 Å². The molecular weight excluding hydrogens is 232 g/mol. The molecule has 1 unspecified atom stereocenters. The summed E-state index contributed by atoms with van der Waals surface area (Å²) in [5, 5.41) is 8.97. The van der Waals surface area contributed by atoms with E-state index in [1.807, 2.05) is 19.9 Å². The van der Waals surface area contributed by atoms with E-state index in [-0.39, 0.29) is 12.5 Å². The molecule has 0 spiro atoms. The molecule has 0 heterocycles. The molecule has 0 aliphatic carbocycles. The molecule has 5 heteroatoms. The lowest BCUT2D eigenvalue weighted by atomic mass is 10.0. The smallest absolute Gasteiger partial charge is 0.325 e. The summed E-state index contributed by atoms with van der Waals surface area (Å²) in [7, 11) is 0. The molecule has 1 atom stereocenters. The van der Waals surface area contributed by atoms with Crippen molar-refractivity contribution in [2.24, 2.45) is 5.92 Å². The SMILES string of the molecule is CCCC(C#N)C(=O)N(CCC)CC(=O)OCC. The Kier molecular flexibility index (Phi) is 8.63. The summed E-state index contributed by atoms with van der Waals surface area (Å²) in [5.74, 6) is -1.35. The minimum Gasteiger partial charge on any atom is -0.465 e. The predicted octanol–water partition coefficient (Wildman–Crippen LogP) is 1.73. The number of nitrogens with zero attached hydrogens (tertiary/aromatic N) is 2. The minimum absolute atomic E-state index is 0.0671. The second-order valence-electron chi connectivity index (χ2n) is 4.04. The van der Waals surface area contributed by atoms with Gasteiger partial charge in [-0.15, -0.1) is 0 Å². The van der Waals surface area contributed by atoms with Crippen LogP contribution in [0.1, 0.15) is 40.0 Å². The Morgan fingerprint density at radius 1 is 1.28 bits per heavy atom. The fraction of sp³-hybridized carbons (Fsp3) is 0.769. The molecule has 1 amide bonds. The second-order valence-corrected chi connectivity index (χ2v) is 4.04. The molecule has 0 rings (SSSR count). The Hall–Kier alpha value is -1.57. The Morgan fingerprint density at radius 2 is 1.94 bits per heavy atom. The van der Waals surface area contributed by atoms with Crippen molar-refractivity contribution in [3.8, 4) is 6.07 Å². The Balaban J connectivity index is 4.61. The van der Waals surface area contributed by atoms with Crippen molar-refractivity contribution >= 4 is 11.9 Å². The van der Waals surface area contributed by atoms with Crippen LogP contribution in [0, 0.1) is 17.2 Å². The highest BCUT2D eigenvalue weighted by Crippen LogP contribution is 2.10. The second kappa shape index (κ2) is 9.46. The average Bonchev–Trinajstić information content (AvgIpc) is 2.35. The number of carbonyl (C=O) groups excluding carboxylic acids is 2. The summed E-state index contributed by atoms with van der Waals surface area (Å²) in [6, 6.07) is 2.00. The summed E-state index contributed by atoms with van der Waals surface area (Å²) in [4.78, 5) is 24.9. The van der Waals surface area contributed by atoms with E-state index in [0.29, 0.717) is 19.6 Å². The van der Waals surface area contributed by atoms with Crippen LogP contribution in [0.4, 0.5) is 0 Å². The third-order valence-corrected chi connectivity index (χ3v) is 2.46. The van der Waals surface area contributed by atoms with Crippen LogP contribution < -0.4 is 0 Å². The number of nitriles is 1. The number of hydrogen-bond donors (Lipinski definition) is 0. The first-order valence-electron chi connectivity index (χ1n) is 6.44. The maximum absolute atomic E-state index is 12.1.